The molecule has 0 spiro atoms. The Morgan fingerprint density at radius 1 is 1.20 bits per heavy atom. The van der Waals surface area contributed by atoms with Gasteiger partial charge in [0.2, 0.25) is 10.0 Å². The Morgan fingerprint density at radius 2 is 1.88 bits per heavy atom. The maximum atomic E-state index is 12.6. The van der Waals surface area contributed by atoms with E-state index in [-0.39, 0.29) is 11.4 Å². The molecule has 136 valence electrons. The van der Waals surface area contributed by atoms with Crippen LogP contribution in [0.2, 0.25) is 0 Å². The van der Waals surface area contributed by atoms with Gasteiger partial charge in [-0.15, -0.1) is 16.9 Å². The summed E-state index contributed by atoms with van der Waals surface area (Å²) in [7, 11) is -3.89. The van der Waals surface area contributed by atoms with Crippen LogP contribution in [-0.2, 0) is 19.6 Å². The second-order valence-electron chi connectivity index (χ2n) is 5.41. The lowest BCUT2D eigenvalue weighted by molar-refractivity contribution is -0.306. The number of carboxylic acid groups (broad SMARTS) is 1. The fourth-order valence-electron chi connectivity index (χ4n) is 2.46. The second-order valence-corrected chi connectivity index (χ2v) is 8.49. The van der Waals surface area contributed by atoms with E-state index < -0.39 is 21.4 Å². The zero-order valence-corrected chi connectivity index (χ0v) is 14.9. The lowest BCUT2D eigenvalue weighted by Gasteiger charge is -2.23. The first-order chi connectivity index (χ1) is 12.0. The van der Waals surface area contributed by atoms with Crippen LogP contribution < -0.4 is 5.11 Å². The van der Waals surface area contributed by atoms with Crippen molar-refractivity contribution in [3.8, 4) is 0 Å². The third kappa shape index (κ3) is 4.11. The van der Waals surface area contributed by atoms with Gasteiger partial charge in [-0.2, -0.15) is 4.31 Å². The number of ether oxygens (including phenoxy) is 1. The number of nitrogens with zero attached hydrogens (tertiary/aromatic N) is 4. The molecule has 1 unspecified atom stereocenters. The first-order valence-corrected chi connectivity index (χ1v) is 10.2. The summed E-state index contributed by atoms with van der Waals surface area (Å²) in [4.78, 5) is 11.1. The van der Waals surface area contributed by atoms with Crippen molar-refractivity contribution < 1.29 is 23.1 Å². The molecule has 1 atom stereocenters. The van der Waals surface area contributed by atoms with E-state index >= 15 is 0 Å². The predicted molar refractivity (Wildman–Crippen MR) is 88.5 cm³/mol. The summed E-state index contributed by atoms with van der Waals surface area (Å²) >= 11 is 1.04. The maximum Gasteiger partial charge on any atom is 0.244 e. The molecule has 0 radical (unpaired) electrons. The van der Waals surface area contributed by atoms with Crippen LogP contribution in [0.15, 0.2) is 39.5 Å². The number of aliphatic carboxylic acids is 1. The first kappa shape index (κ1) is 18.1. The second kappa shape index (κ2) is 7.68. The molecular weight excluding hydrogens is 368 g/mol. The Bertz CT molecular complexity index is 747. The largest absolute Gasteiger partial charge is 0.547 e. The molecule has 0 aromatic heterocycles. The molecule has 3 rings (SSSR count). The monoisotopic (exact) mass is 385 g/mol. The van der Waals surface area contributed by atoms with Gasteiger partial charge in [-0.1, -0.05) is 5.22 Å². The van der Waals surface area contributed by atoms with Crippen LogP contribution in [-0.4, -0.2) is 67.7 Å². The minimum atomic E-state index is -3.89. The molecule has 2 saturated heterocycles. The molecule has 0 aliphatic carbocycles. The number of sulfonamides is 1. The average molecular weight is 385 g/mol. The lowest BCUT2D eigenvalue weighted by Crippen LogP contribution is -2.45. The standard InChI is InChI=1S/C14H18N4O5S2/c19-14(20)13-18(7-10-24-13)25(21,22)12-3-1-11(2-4-12)15-16-17-5-8-23-9-6-17/h1-4,13H,5-10H2,(H,19,20)/p-1. The van der Waals surface area contributed by atoms with E-state index in [0.29, 0.717) is 37.7 Å². The van der Waals surface area contributed by atoms with Gasteiger partial charge >= 0.3 is 0 Å². The van der Waals surface area contributed by atoms with E-state index in [9.17, 15) is 18.3 Å². The zero-order chi connectivity index (χ0) is 17.9. The van der Waals surface area contributed by atoms with E-state index in [1.807, 2.05) is 0 Å². The normalized spacial score (nSPS) is 22.6. The van der Waals surface area contributed by atoms with E-state index in [1.54, 1.807) is 5.01 Å². The Kier molecular flexibility index (Phi) is 5.57. The summed E-state index contributed by atoms with van der Waals surface area (Å²) in [6.45, 7) is 2.66. The Labute approximate surface area is 149 Å². The molecule has 2 aliphatic rings. The van der Waals surface area contributed by atoms with Crippen molar-refractivity contribution in [3.05, 3.63) is 24.3 Å². The fraction of sp³-hybridized carbons (Fsp3) is 0.500. The Morgan fingerprint density at radius 3 is 2.52 bits per heavy atom. The minimum absolute atomic E-state index is 0.0200. The highest BCUT2D eigenvalue weighted by molar-refractivity contribution is 8.02. The van der Waals surface area contributed by atoms with Gasteiger partial charge in [-0.3, -0.25) is 5.01 Å². The van der Waals surface area contributed by atoms with Crippen LogP contribution in [0.25, 0.3) is 0 Å². The molecule has 1 aromatic rings. The number of carbonyl (C=O) groups is 1. The SMILES string of the molecule is O=C([O-])C1SCCN1S(=O)(=O)c1ccc(N=NN2CCOCC2)cc1. The molecule has 0 saturated carbocycles. The molecule has 0 N–H and O–H groups in total. The highest BCUT2D eigenvalue weighted by Gasteiger charge is 2.36. The summed E-state index contributed by atoms with van der Waals surface area (Å²) < 4.78 is 31.4. The molecule has 2 fully saturated rings. The highest BCUT2D eigenvalue weighted by Crippen LogP contribution is 2.30. The summed E-state index contributed by atoms with van der Waals surface area (Å²) in [5.74, 6) is -0.981. The quantitative estimate of drug-likeness (QED) is 0.646. The predicted octanol–water partition coefficient (Wildman–Crippen LogP) is -0.169. The number of benzene rings is 1. The molecule has 25 heavy (non-hydrogen) atoms. The third-order valence-corrected chi connectivity index (χ3v) is 6.96. The maximum absolute atomic E-state index is 12.6. The lowest BCUT2D eigenvalue weighted by atomic mass is 10.3. The summed E-state index contributed by atoms with van der Waals surface area (Å²) in [6, 6.07) is 5.87. The van der Waals surface area contributed by atoms with Crippen LogP contribution in [0.5, 0.6) is 0 Å². The van der Waals surface area contributed by atoms with Gasteiger partial charge in [0.05, 0.1) is 42.9 Å². The number of hydrogen-bond acceptors (Lipinski definition) is 8. The number of thioether (sulfide) groups is 1. The van der Waals surface area contributed by atoms with E-state index in [0.717, 1.165) is 16.1 Å². The number of morpholine rings is 1. The molecule has 0 amide bonds. The Balaban J connectivity index is 1.72. The van der Waals surface area contributed by atoms with Crippen molar-refractivity contribution >= 4 is 33.4 Å². The summed E-state index contributed by atoms with van der Waals surface area (Å²) in [6.07, 6.45) is 0. The van der Waals surface area contributed by atoms with Gasteiger partial charge in [0.1, 0.15) is 5.37 Å². The van der Waals surface area contributed by atoms with Crippen LogP contribution in [0, 0.1) is 0 Å². The molecule has 2 heterocycles. The van der Waals surface area contributed by atoms with Crippen molar-refractivity contribution in [3.63, 3.8) is 0 Å². The van der Waals surface area contributed by atoms with Crippen LogP contribution in [0.3, 0.4) is 0 Å². The van der Waals surface area contributed by atoms with Gasteiger partial charge in [-0.05, 0) is 24.3 Å². The minimum Gasteiger partial charge on any atom is -0.547 e. The molecule has 2 aliphatic heterocycles. The zero-order valence-electron chi connectivity index (χ0n) is 13.3. The Hall–Kier alpha value is -1.69. The average Bonchev–Trinajstić information content (AvgIpc) is 3.12. The molecule has 0 bridgehead atoms. The molecule has 1 aromatic carbocycles. The smallest absolute Gasteiger partial charge is 0.244 e. The van der Waals surface area contributed by atoms with Gasteiger partial charge in [-0.25, -0.2) is 8.42 Å². The van der Waals surface area contributed by atoms with E-state index in [1.165, 1.54) is 24.3 Å². The number of rotatable bonds is 5. The van der Waals surface area contributed by atoms with Crippen LogP contribution in [0.1, 0.15) is 0 Å². The van der Waals surface area contributed by atoms with Crippen molar-refractivity contribution in [1.29, 1.82) is 0 Å². The molecular formula is C14H17N4O5S2-. The van der Waals surface area contributed by atoms with E-state index in [4.69, 9.17) is 4.74 Å². The molecule has 9 nitrogen and oxygen atoms in total. The van der Waals surface area contributed by atoms with Crippen LogP contribution >= 0.6 is 11.8 Å². The fourth-order valence-corrected chi connectivity index (χ4v) is 5.46. The van der Waals surface area contributed by atoms with Crippen molar-refractivity contribution in [1.82, 2.24) is 9.31 Å². The first-order valence-electron chi connectivity index (χ1n) is 7.67. The summed E-state index contributed by atoms with van der Waals surface area (Å²) in [5, 5.41) is 19.8. The summed E-state index contributed by atoms with van der Waals surface area (Å²) in [5.41, 5.74) is 0.512. The van der Waals surface area contributed by atoms with Crippen LogP contribution in [0.4, 0.5) is 5.69 Å². The van der Waals surface area contributed by atoms with Crippen molar-refractivity contribution in [2.45, 2.75) is 10.3 Å². The third-order valence-electron chi connectivity index (χ3n) is 3.77. The van der Waals surface area contributed by atoms with Gasteiger partial charge in [0.25, 0.3) is 0 Å². The van der Waals surface area contributed by atoms with Crippen molar-refractivity contribution in [2.24, 2.45) is 10.3 Å². The van der Waals surface area contributed by atoms with E-state index in [2.05, 4.69) is 10.3 Å². The number of carbonyl (C=O) groups excluding carboxylic acids is 1. The van der Waals surface area contributed by atoms with Gasteiger partial charge < -0.3 is 14.6 Å². The topological polar surface area (TPSA) is 115 Å². The number of carboxylic acids is 1. The van der Waals surface area contributed by atoms with Gasteiger partial charge in [0, 0.05) is 12.3 Å². The molecule has 11 heteroatoms. The number of hydrogen-bond donors (Lipinski definition) is 0. The van der Waals surface area contributed by atoms with Crippen molar-refractivity contribution in [2.75, 3.05) is 38.6 Å². The highest BCUT2D eigenvalue weighted by atomic mass is 32.2. The van der Waals surface area contributed by atoms with Gasteiger partial charge in [0.15, 0.2) is 0 Å².